The van der Waals surface area contributed by atoms with Gasteiger partial charge in [0.1, 0.15) is 5.82 Å². The third-order valence-corrected chi connectivity index (χ3v) is 6.67. The number of hydrogen-bond acceptors (Lipinski definition) is 8. The standard InChI is InChI=1S/C22H23N7O3S2/c1-2-10-28(16(30)13-34-21-24-19(26-27-21)15-9-6-11-33-15)17-18(23)29(22(32)25-20(17)31)12-14-7-4-3-5-8-14/h3-9,11H,2,10,12-13,23H2,1H3,(H,24,26,27)(H,25,31,32). The number of thioether (sulfide) groups is 1. The molecule has 1 amide bonds. The van der Waals surface area contributed by atoms with Crippen LogP contribution in [0.1, 0.15) is 18.9 Å². The first-order valence-corrected chi connectivity index (χ1v) is 12.4. The second kappa shape index (κ2) is 10.5. The van der Waals surface area contributed by atoms with Crippen molar-refractivity contribution in [3.05, 3.63) is 74.2 Å². The van der Waals surface area contributed by atoms with E-state index in [4.69, 9.17) is 5.73 Å². The number of nitrogens with one attached hydrogen (secondary N) is 2. The fraction of sp³-hybridized carbons (Fsp3) is 0.227. The molecule has 4 N–H and O–H groups in total. The Morgan fingerprint density at radius 1 is 1.21 bits per heavy atom. The molecule has 0 aliphatic heterocycles. The Bertz CT molecular complexity index is 1380. The maximum atomic E-state index is 13.1. The van der Waals surface area contributed by atoms with Crippen molar-refractivity contribution in [3.8, 4) is 10.7 Å². The molecule has 0 saturated heterocycles. The van der Waals surface area contributed by atoms with Gasteiger partial charge in [-0.05, 0) is 23.4 Å². The number of nitrogens with zero attached hydrogens (tertiary/aromatic N) is 4. The first-order valence-electron chi connectivity index (χ1n) is 10.5. The van der Waals surface area contributed by atoms with Gasteiger partial charge in [0.15, 0.2) is 11.5 Å². The second-order valence-corrected chi connectivity index (χ2v) is 9.23. The lowest BCUT2D eigenvalue weighted by molar-refractivity contribution is -0.116. The Kier molecular flexibility index (Phi) is 7.28. The number of nitrogen functional groups attached to an aromatic ring is 1. The van der Waals surface area contributed by atoms with E-state index >= 15 is 0 Å². The van der Waals surface area contributed by atoms with Gasteiger partial charge in [0.05, 0.1) is 17.2 Å². The van der Waals surface area contributed by atoms with Crippen LogP contribution in [0.25, 0.3) is 10.7 Å². The van der Waals surface area contributed by atoms with Crippen LogP contribution in [-0.2, 0) is 11.3 Å². The van der Waals surface area contributed by atoms with Crippen molar-refractivity contribution in [2.75, 3.05) is 22.9 Å². The van der Waals surface area contributed by atoms with Crippen molar-refractivity contribution in [2.24, 2.45) is 0 Å². The lowest BCUT2D eigenvalue weighted by Crippen LogP contribution is -2.42. The summed E-state index contributed by atoms with van der Waals surface area (Å²) in [4.78, 5) is 47.3. The minimum Gasteiger partial charge on any atom is -0.383 e. The summed E-state index contributed by atoms with van der Waals surface area (Å²) in [5, 5.41) is 9.38. The number of thiophene rings is 1. The quantitative estimate of drug-likeness (QED) is 0.302. The van der Waals surface area contributed by atoms with Gasteiger partial charge in [0.2, 0.25) is 11.1 Å². The van der Waals surface area contributed by atoms with Crippen molar-refractivity contribution >= 4 is 40.5 Å². The summed E-state index contributed by atoms with van der Waals surface area (Å²) in [5.74, 6) is 0.237. The van der Waals surface area contributed by atoms with Crippen LogP contribution in [0.3, 0.4) is 0 Å². The number of H-pyrrole nitrogens is 2. The van der Waals surface area contributed by atoms with Crippen molar-refractivity contribution in [1.82, 2.24) is 24.7 Å². The molecule has 34 heavy (non-hydrogen) atoms. The third kappa shape index (κ3) is 5.13. The average Bonchev–Trinajstić information content (AvgIpc) is 3.52. The minimum absolute atomic E-state index is 0.00156. The van der Waals surface area contributed by atoms with Gasteiger partial charge in [-0.15, -0.1) is 16.4 Å². The largest absolute Gasteiger partial charge is 0.383 e. The predicted octanol–water partition coefficient (Wildman–Crippen LogP) is 2.55. The molecule has 0 aliphatic rings. The van der Waals surface area contributed by atoms with E-state index in [1.54, 1.807) is 0 Å². The molecule has 0 bridgehead atoms. The van der Waals surface area contributed by atoms with Crippen LogP contribution in [0, 0.1) is 0 Å². The van der Waals surface area contributed by atoms with Crippen molar-refractivity contribution in [3.63, 3.8) is 0 Å². The molecule has 0 radical (unpaired) electrons. The summed E-state index contributed by atoms with van der Waals surface area (Å²) in [6, 6.07) is 13.1. The van der Waals surface area contributed by atoms with Crippen LogP contribution in [0.4, 0.5) is 11.5 Å². The molecular formula is C22H23N7O3S2. The maximum Gasteiger partial charge on any atom is 0.330 e. The molecule has 4 aromatic rings. The number of amides is 1. The lowest BCUT2D eigenvalue weighted by atomic mass is 10.2. The van der Waals surface area contributed by atoms with E-state index in [1.165, 1.54) is 20.8 Å². The van der Waals surface area contributed by atoms with E-state index in [0.29, 0.717) is 17.4 Å². The zero-order valence-corrected chi connectivity index (χ0v) is 20.0. The Balaban J connectivity index is 1.57. The Labute approximate surface area is 202 Å². The molecular weight excluding hydrogens is 474 g/mol. The van der Waals surface area contributed by atoms with E-state index in [0.717, 1.165) is 22.2 Å². The Morgan fingerprint density at radius 2 is 2.00 bits per heavy atom. The van der Waals surface area contributed by atoms with E-state index in [1.807, 2.05) is 54.8 Å². The highest BCUT2D eigenvalue weighted by atomic mass is 32.2. The van der Waals surface area contributed by atoms with E-state index in [-0.39, 0.29) is 36.3 Å². The molecule has 0 atom stereocenters. The lowest BCUT2D eigenvalue weighted by Gasteiger charge is -2.24. The smallest absolute Gasteiger partial charge is 0.330 e. The van der Waals surface area contributed by atoms with Gasteiger partial charge < -0.3 is 10.6 Å². The number of carbonyl (C=O) groups is 1. The fourth-order valence-corrected chi connectivity index (χ4v) is 4.72. The zero-order chi connectivity index (χ0) is 24.1. The number of aromatic nitrogens is 5. The molecule has 1 aromatic carbocycles. The summed E-state index contributed by atoms with van der Waals surface area (Å²) in [5.41, 5.74) is 5.76. The molecule has 3 heterocycles. The third-order valence-electron chi connectivity index (χ3n) is 4.96. The molecule has 0 unspecified atom stereocenters. The van der Waals surface area contributed by atoms with Crippen LogP contribution < -0.4 is 21.9 Å². The van der Waals surface area contributed by atoms with Crippen LogP contribution in [0.2, 0.25) is 0 Å². The predicted molar refractivity (Wildman–Crippen MR) is 134 cm³/mol. The zero-order valence-electron chi connectivity index (χ0n) is 18.4. The summed E-state index contributed by atoms with van der Waals surface area (Å²) < 4.78 is 1.26. The maximum absolute atomic E-state index is 13.1. The number of benzene rings is 1. The monoisotopic (exact) mass is 497 g/mol. The number of rotatable bonds is 9. The number of hydrogen-bond donors (Lipinski definition) is 3. The molecule has 10 nitrogen and oxygen atoms in total. The van der Waals surface area contributed by atoms with Crippen LogP contribution in [0.5, 0.6) is 0 Å². The van der Waals surface area contributed by atoms with E-state index in [9.17, 15) is 14.4 Å². The van der Waals surface area contributed by atoms with Crippen molar-refractivity contribution in [1.29, 1.82) is 0 Å². The molecule has 0 aliphatic carbocycles. The van der Waals surface area contributed by atoms with Crippen LogP contribution in [0.15, 0.2) is 62.6 Å². The first kappa shape index (κ1) is 23.5. The SMILES string of the molecule is CCCN(C(=O)CSc1n[nH]c(-c2cccs2)n1)c1c(N)n(Cc2ccccc2)c(=O)[nH]c1=O. The second-order valence-electron chi connectivity index (χ2n) is 7.34. The van der Waals surface area contributed by atoms with Gasteiger partial charge in [0.25, 0.3) is 5.56 Å². The number of anilines is 2. The topological polar surface area (TPSA) is 143 Å². The minimum atomic E-state index is -0.698. The van der Waals surface area contributed by atoms with Crippen molar-refractivity contribution < 1.29 is 4.79 Å². The number of nitrogens with two attached hydrogens (primary N) is 1. The molecule has 0 spiro atoms. The van der Waals surface area contributed by atoms with Gasteiger partial charge in [-0.2, -0.15) is 0 Å². The highest BCUT2D eigenvalue weighted by molar-refractivity contribution is 7.99. The van der Waals surface area contributed by atoms with Crippen molar-refractivity contribution in [2.45, 2.75) is 25.0 Å². The number of aromatic amines is 2. The molecule has 176 valence electrons. The van der Waals surface area contributed by atoms with Gasteiger partial charge in [0, 0.05) is 6.54 Å². The average molecular weight is 498 g/mol. The fourth-order valence-electron chi connectivity index (χ4n) is 3.38. The first-order chi connectivity index (χ1) is 16.5. The summed E-state index contributed by atoms with van der Waals surface area (Å²) in [6.07, 6.45) is 0.594. The van der Waals surface area contributed by atoms with Gasteiger partial charge in [-0.3, -0.25) is 24.2 Å². The van der Waals surface area contributed by atoms with E-state index in [2.05, 4.69) is 20.2 Å². The summed E-state index contributed by atoms with van der Waals surface area (Å²) >= 11 is 2.69. The van der Waals surface area contributed by atoms with E-state index < -0.39 is 11.2 Å². The summed E-state index contributed by atoms with van der Waals surface area (Å²) in [7, 11) is 0. The molecule has 12 heteroatoms. The van der Waals surface area contributed by atoms with Crippen LogP contribution >= 0.6 is 23.1 Å². The number of carbonyl (C=O) groups excluding carboxylic acids is 1. The molecule has 3 aromatic heterocycles. The van der Waals surface area contributed by atoms with Gasteiger partial charge in [-0.25, -0.2) is 9.78 Å². The highest BCUT2D eigenvalue weighted by Gasteiger charge is 2.24. The van der Waals surface area contributed by atoms with Gasteiger partial charge >= 0.3 is 5.69 Å². The molecule has 4 rings (SSSR count). The summed E-state index contributed by atoms with van der Waals surface area (Å²) in [6.45, 7) is 2.33. The van der Waals surface area contributed by atoms with Gasteiger partial charge in [-0.1, -0.05) is 55.1 Å². The Morgan fingerprint density at radius 3 is 2.71 bits per heavy atom. The highest BCUT2D eigenvalue weighted by Crippen LogP contribution is 2.24. The molecule has 0 saturated carbocycles. The normalized spacial score (nSPS) is 11.0. The van der Waals surface area contributed by atoms with Crippen LogP contribution in [-0.4, -0.2) is 42.9 Å². The molecule has 0 fully saturated rings. The Hall–Kier alpha value is -3.64.